The van der Waals surface area contributed by atoms with Gasteiger partial charge in [0.15, 0.2) is 0 Å². The number of amides is 2. The maximum absolute atomic E-state index is 12.5. The van der Waals surface area contributed by atoms with E-state index in [1.54, 1.807) is 0 Å². The van der Waals surface area contributed by atoms with Crippen molar-refractivity contribution in [2.75, 3.05) is 31.9 Å². The van der Waals surface area contributed by atoms with E-state index < -0.39 is 0 Å². The lowest BCUT2D eigenvalue weighted by molar-refractivity contribution is -0.139. The van der Waals surface area contributed by atoms with Crippen molar-refractivity contribution in [2.45, 2.75) is 44.9 Å². The summed E-state index contributed by atoms with van der Waals surface area (Å²) in [4.78, 5) is 28.7. The van der Waals surface area contributed by atoms with Gasteiger partial charge in [-0.25, -0.2) is 0 Å². The normalized spacial score (nSPS) is 19.0. The number of benzene rings is 1. The summed E-state index contributed by atoms with van der Waals surface area (Å²) >= 11 is 0. The molecule has 2 amide bonds. The Balaban J connectivity index is 1.43. The molecule has 0 unspecified atom stereocenters. The summed E-state index contributed by atoms with van der Waals surface area (Å²) in [6.45, 7) is 2.62. The maximum Gasteiger partial charge on any atom is 0.227 e. The highest BCUT2D eigenvalue weighted by atomic mass is 16.2. The van der Waals surface area contributed by atoms with Crippen LogP contribution in [0.25, 0.3) is 0 Å². The number of hydrogen-bond acceptors (Lipinski definition) is 3. The third-order valence-electron chi connectivity index (χ3n) is 5.51. The fourth-order valence-electron chi connectivity index (χ4n) is 3.89. The Morgan fingerprint density at radius 3 is 2.04 bits per heavy atom. The van der Waals surface area contributed by atoms with Crippen LogP contribution in [0.4, 0.5) is 5.69 Å². The van der Waals surface area contributed by atoms with Gasteiger partial charge in [0.25, 0.3) is 0 Å². The van der Waals surface area contributed by atoms with Gasteiger partial charge in [-0.3, -0.25) is 9.59 Å². The van der Waals surface area contributed by atoms with Crippen molar-refractivity contribution in [1.29, 1.82) is 0 Å². The van der Waals surface area contributed by atoms with Gasteiger partial charge in [0, 0.05) is 38.3 Å². The Hall–Kier alpha value is -2.04. The molecular formula is C20H29N3O2. The SMILES string of the molecule is Nc1ccc(CC(=O)N2CCN(C(=O)CC3CCCCC3)CC2)cc1. The van der Waals surface area contributed by atoms with Crippen LogP contribution in [0.3, 0.4) is 0 Å². The predicted octanol–water partition coefficient (Wildman–Crippen LogP) is 2.45. The van der Waals surface area contributed by atoms with Crippen molar-refractivity contribution < 1.29 is 9.59 Å². The molecule has 1 aromatic rings. The molecule has 1 aliphatic heterocycles. The molecule has 1 heterocycles. The molecule has 0 radical (unpaired) electrons. The lowest BCUT2D eigenvalue weighted by atomic mass is 9.86. The smallest absolute Gasteiger partial charge is 0.227 e. The van der Waals surface area contributed by atoms with Gasteiger partial charge >= 0.3 is 0 Å². The Labute approximate surface area is 150 Å². The molecule has 2 aliphatic rings. The molecule has 1 saturated carbocycles. The van der Waals surface area contributed by atoms with Crippen LogP contribution in [0.2, 0.25) is 0 Å². The average molecular weight is 343 g/mol. The van der Waals surface area contributed by atoms with Gasteiger partial charge < -0.3 is 15.5 Å². The molecule has 5 nitrogen and oxygen atoms in total. The summed E-state index contributed by atoms with van der Waals surface area (Å²) in [6.07, 6.45) is 7.35. The molecule has 1 aromatic carbocycles. The van der Waals surface area contributed by atoms with Crippen molar-refractivity contribution in [3.63, 3.8) is 0 Å². The van der Waals surface area contributed by atoms with E-state index in [9.17, 15) is 9.59 Å². The minimum absolute atomic E-state index is 0.129. The highest BCUT2D eigenvalue weighted by Crippen LogP contribution is 2.27. The molecule has 0 bridgehead atoms. The number of hydrogen-bond donors (Lipinski definition) is 1. The highest BCUT2D eigenvalue weighted by Gasteiger charge is 2.26. The van der Waals surface area contributed by atoms with Crippen LogP contribution in [0.15, 0.2) is 24.3 Å². The lowest BCUT2D eigenvalue weighted by Gasteiger charge is -2.36. The number of anilines is 1. The van der Waals surface area contributed by atoms with Gasteiger partial charge in [0.05, 0.1) is 6.42 Å². The van der Waals surface area contributed by atoms with Gasteiger partial charge in [-0.2, -0.15) is 0 Å². The van der Waals surface area contributed by atoms with Gasteiger partial charge in [0.2, 0.25) is 11.8 Å². The van der Waals surface area contributed by atoms with Gasteiger partial charge in [-0.15, -0.1) is 0 Å². The van der Waals surface area contributed by atoms with Gasteiger partial charge in [-0.05, 0) is 36.5 Å². The first-order valence-electron chi connectivity index (χ1n) is 9.52. The average Bonchev–Trinajstić information content (AvgIpc) is 2.64. The Morgan fingerprint density at radius 1 is 0.880 bits per heavy atom. The summed E-state index contributed by atoms with van der Waals surface area (Å²) in [5, 5.41) is 0. The Kier molecular flexibility index (Phi) is 5.95. The van der Waals surface area contributed by atoms with Gasteiger partial charge in [-0.1, -0.05) is 31.4 Å². The molecule has 0 spiro atoms. The van der Waals surface area contributed by atoms with Crippen molar-refractivity contribution in [3.8, 4) is 0 Å². The minimum atomic E-state index is 0.129. The molecule has 3 rings (SSSR count). The third-order valence-corrected chi connectivity index (χ3v) is 5.51. The first-order valence-corrected chi connectivity index (χ1v) is 9.52. The van der Waals surface area contributed by atoms with E-state index in [-0.39, 0.29) is 11.8 Å². The van der Waals surface area contributed by atoms with E-state index in [0.29, 0.717) is 50.6 Å². The van der Waals surface area contributed by atoms with Crippen LogP contribution in [-0.4, -0.2) is 47.8 Å². The van der Waals surface area contributed by atoms with Crippen LogP contribution < -0.4 is 5.73 Å². The maximum atomic E-state index is 12.5. The summed E-state index contributed by atoms with van der Waals surface area (Å²) in [6, 6.07) is 7.45. The van der Waals surface area contributed by atoms with E-state index in [1.165, 1.54) is 32.1 Å². The fraction of sp³-hybridized carbons (Fsp3) is 0.600. The molecule has 1 saturated heterocycles. The Morgan fingerprint density at radius 2 is 1.44 bits per heavy atom. The predicted molar refractivity (Wildman–Crippen MR) is 98.9 cm³/mol. The standard InChI is InChI=1S/C20H29N3O2/c21-18-8-6-17(7-9-18)15-20(25)23-12-10-22(11-13-23)19(24)14-16-4-2-1-3-5-16/h6-9,16H,1-5,10-15,21H2. The summed E-state index contributed by atoms with van der Waals surface area (Å²) in [7, 11) is 0. The lowest BCUT2D eigenvalue weighted by Crippen LogP contribution is -2.51. The van der Waals surface area contributed by atoms with Gasteiger partial charge in [0.1, 0.15) is 0 Å². The first-order chi connectivity index (χ1) is 12.1. The summed E-state index contributed by atoms with van der Waals surface area (Å²) in [5.41, 5.74) is 7.37. The number of rotatable bonds is 4. The van der Waals surface area contributed by atoms with E-state index >= 15 is 0 Å². The van der Waals surface area contributed by atoms with Crippen LogP contribution in [0.5, 0.6) is 0 Å². The minimum Gasteiger partial charge on any atom is -0.399 e. The second-order valence-electron chi connectivity index (χ2n) is 7.39. The van der Waals surface area contributed by atoms with E-state index in [2.05, 4.69) is 0 Å². The zero-order chi connectivity index (χ0) is 17.6. The van der Waals surface area contributed by atoms with Crippen molar-refractivity contribution in [3.05, 3.63) is 29.8 Å². The second kappa shape index (κ2) is 8.37. The van der Waals surface area contributed by atoms with Crippen molar-refractivity contribution >= 4 is 17.5 Å². The Bertz CT molecular complexity index is 585. The molecule has 2 N–H and O–H groups in total. The van der Waals surface area contributed by atoms with Crippen LogP contribution in [0, 0.1) is 5.92 Å². The number of nitrogen functional groups attached to an aromatic ring is 1. The van der Waals surface area contributed by atoms with Crippen LogP contribution >= 0.6 is 0 Å². The molecule has 25 heavy (non-hydrogen) atoms. The number of piperazine rings is 1. The van der Waals surface area contributed by atoms with Crippen molar-refractivity contribution in [1.82, 2.24) is 9.80 Å². The molecule has 136 valence electrons. The van der Waals surface area contributed by atoms with Crippen molar-refractivity contribution in [2.24, 2.45) is 5.92 Å². The number of carbonyl (C=O) groups is 2. The molecule has 2 fully saturated rings. The highest BCUT2D eigenvalue weighted by molar-refractivity contribution is 5.80. The van der Waals surface area contributed by atoms with Crippen LogP contribution in [0.1, 0.15) is 44.1 Å². The van der Waals surface area contributed by atoms with E-state index in [0.717, 1.165) is 5.56 Å². The number of nitrogens with zero attached hydrogens (tertiary/aromatic N) is 2. The number of carbonyl (C=O) groups excluding carboxylic acids is 2. The largest absolute Gasteiger partial charge is 0.399 e. The first kappa shape index (κ1) is 17.8. The molecule has 0 aromatic heterocycles. The molecule has 0 atom stereocenters. The zero-order valence-corrected chi connectivity index (χ0v) is 15.0. The van der Waals surface area contributed by atoms with E-state index in [1.807, 2.05) is 34.1 Å². The number of nitrogens with two attached hydrogens (primary N) is 1. The third kappa shape index (κ3) is 4.97. The monoisotopic (exact) mass is 343 g/mol. The van der Waals surface area contributed by atoms with E-state index in [4.69, 9.17) is 5.73 Å². The molecule has 1 aliphatic carbocycles. The summed E-state index contributed by atoms with van der Waals surface area (Å²) < 4.78 is 0. The van der Waals surface area contributed by atoms with Crippen LogP contribution in [-0.2, 0) is 16.0 Å². The molecular weight excluding hydrogens is 314 g/mol. The fourth-order valence-corrected chi connectivity index (χ4v) is 3.89. The topological polar surface area (TPSA) is 66.6 Å². The summed E-state index contributed by atoms with van der Waals surface area (Å²) in [5.74, 6) is 0.980. The quantitative estimate of drug-likeness (QED) is 0.854. The second-order valence-corrected chi connectivity index (χ2v) is 7.39. The molecule has 5 heteroatoms. The zero-order valence-electron chi connectivity index (χ0n) is 15.0.